The second-order valence-corrected chi connectivity index (χ2v) is 17.3. The van der Waals surface area contributed by atoms with Gasteiger partial charge in [-0.2, -0.15) is 0 Å². The lowest BCUT2D eigenvalue weighted by Crippen LogP contribution is -2.70. The number of fused-ring (bicyclic) bond motifs is 2. The average Bonchev–Trinajstić information content (AvgIpc) is 3.22. The Bertz CT molecular complexity index is 1620. The van der Waals surface area contributed by atoms with E-state index in [0.717, 1.165) is 36.7 Å². The van der Waals surface area contributed by atoms with Crippen molar-refractivity contribution in [2.75, 3.05) is 13.1 Å². The molecular formula is C39H66N8O13. The molecule has 4 aliphatic rings. The van der Waals surface area contributed by atoms with Gasteiger partial charge in [-0.25, -0.2) is 25.8 Å². The first-order valence-corrected chi connectivity index (χ1v) is 21.1. The Kier molecular flexibility index (Phi) is 16.1. The van der Waals surface area contributed by atoms with E-state index in [1.165, 1.54) is 13.8 Å². The monoisotopic (exact) mass is 854 g/mol. The number of amides is 6. The van der Waals surface area contributed by atoms with Gasteiger partial charge in [0.05, 0.1) is 6.10 Å². The molecule has 6 amide bonds. The summed E-state index contributed by atoms with van der Waals surface area (Å²) in [5.74, 6) is -10.4. The lowest BCUT2D eigenvalue weighted by molar-refractivity contribution is -0.326. The molecule has 4 heterocycles. The van der Waals surface area contributed by atoms with E-state index in [1.54, 1.807) is 20.8 Å². The van der Waals surface area contributed by atoms with Gasteiger partial charge in [-0.1, -0.05) is 34.1 Å². The van der Waals surface area contributed by atoms with Crippen LogP contribution in [-0.4, -0.2) is 155 Å². The number of nitrogens with one attached hydrogen (secondary N) is 4. The topological polar surface area (TPSA) is 280 Å². The number of aliphatic hydroxyl groups is 2. The molecule has 0 aromatic heterocycles. The van der Waals surface area contributed by atoms with Gasteiger partial charge in [0, 0.05) is 19.5 Å². The van der Waals surface area contributed by atoms with Crippen LogP contribution in [0.5, 0.6) is 0 Å². The molecule has 0 spiro atoms. The van der Waals surface area contributed by atoms with Crippen molar-refractivity contribution in [1.82, 2.24) is 41.6 Å². The number of carbonyl (C=O) groups is 7. The van der Waals surface area contributed by atoms with E-state index in [2.05, 4.69) is 35.3 Å². The standard InChI is InChI=1S/C39H66N8O13/c1-10-21(4)19-26-15-16-39(56,60-25(26)8)38(9,55)37(54)43-29-30(20(2)3)59-36(53)24(7)47(58)34(51)27-13-11-17-40-44(27)32(49)22(5)42-31(48)23(6)46(57)33(50)28-14-12-18-41-45(28)35(29)52/h20-30,40-41,55-58H,10-19H2,1-9H3,(H,42,48)(H,43,54)/t21-,22-,23-,24+,25+,26+,27-,28+,29-,30-,38+,39+/m0/s1. The molecule has 8 N–H and O–H groups in total. The number of hydroxylamine groups is 4. The van der Waals surface area contributed by atoms with Gasteiger partial charge in [0.2, 0.25) is 11.7 Å². The van der Waals surface area contributed by atoms with Crippen molar-refractivity contribution >= 4 is 41.4 Å². The summed E-state index contributed by atoms with van der Waals surface area (Å²) in [7, 11) is 0. The molecule has 0 unspecified atom stereocenters. The maximum atomic E-state index is 14.8. The van der Waals surface area contributed by atoms with Crippen LogP contribution in [0.3, 0.4) is 0 Å². The molecule has 0 aromatic rings. The fraction of sp³-hybridized carbons (Fsp3) is 0.821. The molecule has 21 nitrogen and oxygen atoms in total. The maximum Gasteiger partial charge on any atom is 0.331 e. The number of rotatable bonds is 7. The molecule has 0 bridgehead atoms. The van der Waals surface area contributed by atoms with Crippen LogP contribution in [0.25, 0.3) is 0 Å². The normalized spacial score (nSPS) is 35.0. The third-order valence-corrected chi connectivity index (χ3v) is 12.5. The highest BCUT2D eigenvalue weighted by molar-refractivity contribution is 5.97. The summed E-state index contributed by atoms with van der Waals surface area (Å²) in [6.45, 7) is 14.1. The van der Waals surface area contributed by atoms with Gasteiger partial charge < -0.3 is 30.3 Å². The number of ether oxygens (including phenoxy) is 2. The molecule has 0 aromatic carbocycles. The predicted molar refractivity (Wildman–Crippen MR) is 209 cm³/mol. The van der Waals surface area contributed by atoms with Crippen LogP contribution < -0.4 is 21.5 Å². The largest absolute Gasteiger partial charge is 0.458 e. The van der Waals surface area contributed by atoms with Gasteiger partial charge in [0.15, 0.2) is 11.6 Å². The molecular weight excluding hydrogens is 788 g/mol. The Labute approximate surface area is 350 Å². The quantitative estimate of drug-likeness (QED) is 0.118. The van der Waals surface area contributed by atoms with E-state index >= 15 is 0 Å². The SMILES string of the molecule is CC[C@H](C)C[C@H]1CC[C@](O)([C@](C)(O)C(=O)N[C@@H]2C(=O)N3NCCC[C@@H]3C(=O)N(O)[C@@H](C)C(=O)N[C@@H](C)C(=O)N3NCCC[C@H]3C(=O)N(O)[C@H](C)C(=O)O[C@H]2C(C)C)O[C@@H]1C. The lowest BCUT2D eigenvalue weighted by Gasteiger charge is -2.47. The van der Waals surface area contributed by atoms with Crippen LogP contribution in [-0.2, 0) is 43.0 Å². The van der Waals surface area contributed by atoms with Gasteiger partial charge >= 0.3 is 5.97 Å². The van der Waals surface area contributed by atoms with E-state index in [0.29, 0.717) is 25.2 Å². The van der Waals surface area contributed by atoms with Crippen molar-refractivity contribution in [2.24, 2.45) is 17.8 Å². The van der Waals surface area contributed by atoms with Crippen molar-refractivity contribution < 1.29 is 63.7 Å². The van der Waals surface area contributed by atoms with Crippen molar-refractivity contribution in [3.63, 3.8) is 0 Å². The fourth-order valence-electron chi connectivity index (χ4n) is 8.05. The van der Waals surface area contributed by atoms with Gasteiger partial charge in [0.25, 0.3) is 29.5 Å². The first-order valence-electron chi connectivity index (χ1n) is 21.1. The molecule has 0 aliphatic carbocycles. The van der Waals surface area contributed by atoms with Crippen molar-refractivity contribution in [1.29, 1.82) is 0 Å². The number of carbonyl (C=O) groups excluding carboxylic acids is 7. The molecule has 340 valence electrons. The molecule has 0 saturated carbocycles. The second-order valence-electron chi connectivity index (χ2n) is 17.3. The van der Waals surface area contributed by atoms with Crippen molar-refractivity contribution in [3.05, 3.63) is 0 Å². The van der Waals surface area contributed by atoms with Gasteiger partial charge in [-0.3, -0.25) is 49.2 Å². The second kappa shape index (κ2) is 19.8. The van der Waals surface area contributed by atoms with E-state index in [-0.39, 0.29) is 48.4 Å². The molecule has 4 aliphatic heterocycles. The minimum atomic E-state index is -2.70. The van der Waals surface area contributed by atoms with E-state index in [4.69, 9.17) is 9.47 Å². The number of cyclic esters (lactones) is 1. The van der Waals surface area contributed by atoms with Crippen LogP contribution in [0.15, 0.2) is 0 Å². The van der Waals surface area contributed by atoms with Crippen LogP contribution in [0, 0.1) is 17.8 Å². The molecule has 21 heteroatoms. The summed E-state index contributed by atoms with van der Waals surface area (Å²) >= 11 is 0. The highest BCUT2D eigenvalue weighted by atomic mass is 16.6. The van der Waals surface area contributed by atoms with E-state index < -0.39 is 107 Å². The highest BCUT2D eigenvalue weighted by Crippen LogP contribution is 2.40. The first-order chi connectivity index (χ1) is 28.0. The average molecular weight is 855 g/mol. The molecule has 4 rings (SSSR count). The Morgan fingerprint density at radius 3 is 1.92 bits per heavy atom. The Balaban J connectivity index is 1.77. The number of hydrogen-bond acceptors (Lipinski definition) is 15. The van der Waals surface area contributed by atoms with E-state index in [9.17, 15) is 54.2 Å². The maximum absolute atomic E-state index is 14.8. The molecule has 0 radical (unpaired) electrons. The number of nitrogens with zero attached hydrogens (tertiary/aromatic N) is 4. The minimum absolute atomic E-state index is 0.0253. The van der Waals surface area contributed by atoms with Crippen LogP contribution in [0.4, 0.5) is 0 Å². The zero-order chi connectivity index (χ0) is 45.0. The third-order valence-electron chi connectivity index (χ3n) is 12.5. The third kappa shape index (κ3) is 10.2. The van der Waals surface area contributed by atoms with Crippen LogP contribution in [0.2, 0.25) is 0 Å². The summed E-state index contributed by atoms with van der Waals surface area (Å²) in [6, 6.07) is -9.41. The summed E-state index contributed by atoms with van der Waals surface area (Å²) in [5.41, 5.74) is 2.89. The smallest absolute Gasteiger partial charge is 0.331 e. The van der Waals surface area contributed by atoms with Crippen molar-refractivity contribution in [2.45, 2.75) is 174 Å². The number of hydrogen-bond donors (Lipinski definition) is 8. The molecule has 12 atom stereocenters. The predicted octanol–water partition coefficient (Wildman–Crippen LogP) is -0.548. The van der Waals surface area contributed by atoms with Crippen LogP contribution in [0.1, 0.15) is 114 Å². The fourth-order valence-corrected chi connectivity index (χ4v) is 8.05. The summed E-state index contributed by atoms with van der Waals surface area (Å²) in [5, 5.41) is 52.7. The lowest BCUT2D eigenvalue weighted by atomic mass is 9.79. The summed E-state index contributed by atoms with van der Waals surface area (Å²) in [6.07, 6.45) is 0.522. The Morgan fingerprint density at radius 2 is 1.40 bits per heavy atom. The number of hydrazine groups is 2. The zero-order valence-corrected chi connectivity index (χ0v) is 36.2. The summed E-state index contributed by atoms with van der Waals surface area (Å²) in [4.78, 5) is 97.6. The number of esters is 1. The molecule has 60 heavy (non-hydrogen) atoms. The highest BCUT2D eigenvalue weighted by Gasteiger charge is 2.57. The van der Waals surface area contributed by atoms with Crippen molar-refractivity contribution in [3.8, 4) is 0 Å². The minimum Gasteiger partial charge on any atom is -0.458 e. The van der Waals surface area contributed by atoms with Crippen LogP contribution >= 0.6 is 0 Å². The molecule has 4 saturated heterocycles. The zero-order valence-electron chi connectivity index (χ0n) is 36.2. The Morgan fingerprint density at radius 1 is 0.867 bits per heavy atom. The van der Waals surface area contributed by atoms with Gasteiger partial charge in [0.1, 0.15) is 36.3 Å². The summed E-state index contributed by atoms with van der Waals surface area (Å²) < 4.78 is 11.8. The molecule has 4 fully saturated rings. The van der Waals surface area contributed by atoms with Gasteiger partial charge in [-0.05, 0) is 90.9 Å². The first kappa shape index (κ1) is 48.7. The van der Waals surface area contributed by atoms with Gasteiger partial charge in [-0.15, -0.1) is 0 Å². The van der Waals surface area contributed by atoms with E-state index in [1.807, 2.05) is 0 Å². The Hall–Kier alpha value is -3.99.